The number of aromatic nitrogens is 1. The van der Waals surface area contributed by atoms with Crippen molar-refractivity contribution in [3.05, 3.63) is 17.0 Å². The van der Waals surface area contributed by atoms with Gasteiger partial charge in [-0.2, -0.15) is 0 Å². The Hall–Kier alpha value is 2.20. The van der Waals surface area contributed by atoms with Gasteiger partial charge in [-0.15, -0.1) is 0 Å². The molecule has 0 fully saturated rings. The maximum Gasteiger partial charge on any atom is 0.103 e. The standard InChI is InChI=1S/C4HI4N/c5-2-1-9(8)4(7)3(2)6/h1H. The first-order valence-electron chi connectivity index (χ1n) is 2.01. The van der Waals surface area contributed by atoms with Crippen LogP contribution in [0, 0.1) is 10.8 Å². The minimum absolute atomic E-state index is 1.30. The summed E-state index contributed by atoms with van der Waals surface area (Å²) in [7, 11) is 0. The van der Waals surface area contributed by atoms with E-state index in [1.165, 1.54) is 10.8 Å². The van der Waals surface area contributed by atoms with Crippen LogP contribution in [0.1, 0.15) is 0 Å². The van der Waals surface area contributed by atoms with Crippen molar-refractivity contribution in [2.75, 3.05) is 0 Å². The van der Waals surface area contributed by atoms with Crippen LogP contribution < -0.4 is 0 Å². The van der Waals surface area contributed by atoms with E-state index in [4.69, 9.17) is 0 Å². The maximum absolute atomic E-state index is 2.35. The van der Waals surface area contributed by atoms with Gasteiger partial charge in [0.25, 0.3) is 0 Å². The van der Waals surface area contributed by atoms with Crippen LogP contribution in [-0.4, -0.2) is 2.78 Å². The molecule has 1 nitrogen and oxygen atoms in total. The Bertz CT molecular complexity index is 206. The highest BCUT2D eigenvalue weighted by Crippen LogP contribution is 2.24. The fourth-order valence-corrected chi connectivity index (χ4v) is 3.80. The maximum atomic E-state index is 2.35. The lowest BCUT2D eigenvalue weighted by atomic mass is 10.7. The third-order valence-electron chi connectivity index (χ3n) is 0.805. The summed E-state index contributed by atoms with van der Waals surface area (Å²) < 4.78 is 6.08. The van der Waals surface area contributed by atoms with E-state index in [1.54, 1.807) is 0 Å². The summed E-state index contributed by atoms with van der Waals surface area (Å²) in [5, 5.41) is 0. The van der Waals surface area contributed by atoms with Crippen molar-refractivity contribution in [2.45, 2.75) is 0 Å². The Morgan fingerprint density at radius 1 is 1.22 bits per heavy atom. The van der Waals surface area contributed by atoms with Gasteiger partial charge in [-0.25, -0.2) is 0 Å². The lowest BCUT2D eigenvalue weighted by molar-refractivity contribution is 1.30. The van der Waals surface area contributed by atoms with Gasteiger partial charge in [0.05, 0.1) is 26.4 Å². The highest BCUT2D eigenvalue weighted by molar-refractivity contribution is 14.1. The monoisotopic (exact) mass is 571 g/mol. The zero-order valence-electron chi connectivity index (χ0n) is 4.04. The van der Waals surface area contributed by atoms with E-state index in [1.807, 2.05) is 0 Å². The lowest BCUT2D eigenvalue weighted by Gasteiger charge is -1.87. The fraction of sp³-hybridized carbons (Fsp3) is 0. The average Bonchev–Trinajstić information content (AvgIpc) is 1.98. The van der Waals surface area contributed by atoms with Crippen LogP contribution in [0.25, 0.3) is 0 Å². The minimum Gasteiger partial charge on any atom is -0.282 e. The summed E-state index contributed by atoms with van der Waals surface area (Å²) in [6.07, 6.45) is 2.12. The topological polar surface area (TPSA) is 4.93 Å². The third kappa shape index (κ3) is 2.07. The number of nitrogens with zero attached hydrogens (tertiary/aromatic N) is 1. The van der Waals surface area contributed by atoms with E-state index in [0.29, 0.717) is 0 Å². The van der Waals surface area contributed by atoms with E-state index >= 15 is 0 Å². The summed E-state index contributed by atoms with van der Waals surface area (Å²) in [5.41, 5.74) is 0. The number of hydrogen-bond acceptors (Lipinski definition) is 0. The van der Waals surface area contributed by atoms with E-state index < -0.39 is 0 Å². The van der Waals surface area contributed by atoms with E-state index in [-0.39, 0.29) is 0 Å². The first-order chi connectivity index (χ1) is 4.13. The molecule has 0 radical (unpaired) electrons. The first-order valence-corrected chi connectivity index (χ1v) is 6.21. The molecule has 0 spiro atoms. The van der Waals surface area contributed by atoms with Crippen molar-refractivity contribution in [2.24, 2.45) is 0 Å². The zero-order valence-corrected chi connectivity index (χ0v) is 12.7. The van der Waals surface area contributed by atoms with Crippen LogP contribution in [0.2, 0.25) is 0 Å². The molecular weight excluding hydrogens is 570 g/mol. The van der Waals surface area contributed by atoms with E-state index in [9.17, 15) is 0 Å². The normalized spacial score (nSPS) is 10.2. The molecule has 0 N–H and O–H groups in total. The molecule has 0 aromatic carbocycles. The van der Waals surface area contributed by atoms with Crippen molar-refractivity contribution in [1.29, 1.82) is 0 Å². The molecule has 5 heteroatoms. The minimum atomic E-state index is 1.30. The Balaban J connectivity index is 3.29. The third-order valence-corrected chi connectivity index (χ3v) is 7.52. The molecule has 0 unspecified atom stereocenters. The van der Waals surface area contributed by atoms with Gasteiger partial charge in [-0.3, -0.25) is 2.78 Å². The molecule has 0 saturated carbocycles. The molecule has 1 aromatic heterocycles. The molecule has 1 aromatic rings. The summed E-state index contributed by atoms with van der Waals surface area (Å²) in [4.78, 5) is 0. The van der Waals surface area contributed by atoms with Crippen LogP contribution in [0.3, 0.4) is 0 Å². The molecule has 1 heterocycles. The van der Waals surface area contributed by atoms with Crippen molar-refractivity contribution < 1.29 is 0 Å². The number of halogens is 4. The Kier molecular flexibility index (Phi) is 3.86. The zero-order chi connectivity index (χ0) is 7.02. The van der Waals surface area contributed by atoms with Gasteiger partial charge >= 0.3 is 0 Å². The summed E-state index contributed by atoms with van der Waals surface area (Å²) >= 11 is 9.29. The Morgan fingerprint density at radius 3 is 1.89 bits per heavy atom. The van der Waals surface area contributed by atoms with Crippen molar-refractivity contribution in [3.63, 3.8) is 0 Å². The molecule has 1 rings (SSSR count). The van der Waals surface area contributed by atoms with Gasteiger partial charge in [-0.05, 0) is 67.8 Å². The van der Waals surface area contributed by atoms with Gasteiger partial charge in [0.1, 0.15) is 3.70 Å². The van der Waals surface area contributed by atoms with Gasteiger partial charge in [0.2, 0.25) is 0 Å². The second-order valence-corrected chi connectivity index (χ2v) is 5.70. The predicted octanol–water partition coefficient (Wildman–Crippen LogP) is 3.50. The smallest absolute Gasteiger partial charge is 0.103 e. The molecule has 0 atom stereocenters. The van der Waals surface area contributed by atoms with Crippen LogP contribution in [0.4, 0.5) is 0 Å². The second-order valence-electron chi connectivity index (χ2n) is 1.39. The number of rotatable bonds is 0. The van der Waals surface area contributed by atoms with Crippen LogP contribution in [0.5, 0.6) is 0 Å². The van der Waals surface area contributed by atoms with Crippen molar-refractivity contribution in [1.82, 2.24) is 2.78 Å². The largest absolute Gasteiger partial charge is 0.282 e. The first kappa shape index (κ1) is 9.29. The lowest BCUT2D eigenvalue weighted by Crippen LogP contribution is -1.78. The average molecular weight is 571 g/mol. The van der Waals surface area contributed by atoms with Crippen LogP contribution in [0.15, 0.2) is 6.20 Å². The molecule has 0 amide bonds. The van der Waals surface area contributed by atoms with E-state index in [2.05, 4.69) is 99.6 Å². The van der Waals surface area contributed by atoms with Crippen LogP contribution >= 0.6 is 90.6 Å². The van der Waals surface area contributed by atoms with Gasteiger partial charge in [0, 0.05) is 9.77 Å². The predicted molar refractivity (Wildman–Crippen MR) is 72.0 cm³/mol. The molecule has 50 valence electrons. The SMILES string of the molecule is Ic1cn(I)c(I)c1I. The van der Waals surface area contributed by atoms with E-state index in [0.717, 1.165) is 0 Å². The molecular formula is C4HI4N. The second kappa shape index (κ2) is 3.74. The molecule has 9 heavy (non-hydrogen) atoms. The van der Waals surface area contributed by atoms with Gasteiger partial charge in [-0.1, -0.05) is 0 Å². The highest BCUT2D eigenvalue weighted by Gasteiger charge is 2.05. The van der Waals surface area contributed by atoms with Gasteiger partial charge in [0.15, 0.2) is 0 Å². The molecule has 0 aliphatic rings. The summed E-state index contributed by atoms with van der Waals surface area (Å²) in [6.45, 7) is 0. The highest BCUT2D eigenvalue weighted by atomic mass is 127. The molecule has 0 saturated heterocycles. The van der Waals surface area contributed by atoms with Crippen molar-refractivity contribution >= 4 is 90.6 Å². The molecule has 0 aliphatic heterocycles. The Labute approximate surface area is 108 Å². The van der Waals surface area contributed by atoms with Crippen LogP contribution in [-0.2, 0) is 0 Å². The van der Waals surface area contributed by atoms with Gasteiger partial charge < -0.3 is 0 Å². The summed E-state index contributed by atoms with van der Waals surface area (Å²) in [5.74, 6) is 0. The summed E-state index contributed by atoms with van der Waals surface area (Å²) in [6, 6.07) is 0. The number of hydrogen-bond donors (Lipinski definition) is 0. The Morgan fingerprint density at radius 2 is 1.78 bits per heavy atom. The fourth-order valence-electron chi connectivity index (χ4n) is 0.405. The molecule has 0 aliphatic carbocycles. The van der Waals surface area contributed by atoms with Crippen molar-refractivity contribution in [3.8, 4) is 0 Å². The molecule has 0 bridgehead atoms. The quantitative estimate of drug-likeness (QED) is 0.421.